The van der Waals surface area contributed by atoms with Gasteiger partial charge < -0.3 is 4.55 Å². The zero-order chi connectivity index (χ0) is 6.62. The molecule has 0 radical (unpaired) electrons. The Labute approximate surface area is 79.1 Å². The fraction of sp³-hybridized carbons (Fsp3) is 0.500. The molecule has 0 atom stereocenters. The van der Waals surface area contributed by atoms with Crippen molar-refractivity contribution in [2.24, 2.45) is 0 Å². The first kappa shape index (κ1) is 12.4. The van der Waals surface area contributed by atoms with Crippen LogP contribution in [-0.2, 0) is 9.15 Å². The molecule has 0 amide bonds. The smallest absolute Gasteiger partial charge is 0.739 e. The van der Waals surface area contributed by atoms with Crippen LogP contribution in [0.15, 0.2) is 0 Å². The molecule has 0 aromatic heterocycles. The van der Waals surface area contributed by atoms with Gasteiger partial charge >= 0.3 is 29.6 Å². The fourth-order valence-electron chi connectivity index (χ4n) is 0.0985. The van der Waals surface area contributed by atoms with Crippen molar-refractivity contribution in [3.8, 4) is 6.07 Å². The molecule has 0 unspecified atom stereocenters. The molecular weight excluding hydrogens is 173 g/mol. The van der Waals surface area contributed by atoms with E-state index >= 15 is 0 Å². The zero-order valence-electron chi connectivity index (χ0n) is 4.70. The van der Waals surface area contributed by atoms with Gasteiger partial charge in [-0.05, 0) is 10.8 Å². The quantitative estimate of drug-likeness (QED) is 0.249. The van der Waals surface area contributed by atoms with Crippen molar-refractivity contribution in [1.82, 2.24) is 0 Å². The molecule has 0 aliphatic carbocycles. The van der Waals surface area contributed by atoms with Gasteiger partial charge in [-0.2, -0.15) is 5.26 Å². The van der Waals surface area contributed by atoms with Gasteiger partial charge in [-0.15, -0.1) is 0 Å². The van der Waals surface area contributed by atoms with E-state index in [9.17, 15) is 13.0 Å². The zero-order valence-corrected chi connectivity index (χ0v) is 8.33. The number of nitriles is 1. The van der Waals surface area contributed by atoms with Crippen molar-refractivity contribution < 1.29 is 42.5 Å². The molecule has 0 saturated carbocycles. The van der Waals surface area contributed by atoms with Gasteiger partial charge in [0, 0.05) is 0 Å². The summed E-state index contributed by atoms with van der Waals surface area (Å²) >= 11 is 0. The Morgan fingerprint density at radius 1 is 1.67 bits per heavy atom. The standard InChI is InChI=1S/C2H3NO3S2.Na/c3-1-2-7-8(4,5)6;/h2H2,(H,4,5,6);/q;+1/p-1. The summed E-state index contributed by atoms with van der Waals surface area (Å²) in [5.41, 5.74) is 0. The fourth-order valence-corrected chi connectivity index (χ4v) is 0.887. The van der Waals surface area contributed by atoms with Crippen LogP contribution in [0.5, 0.6) is 0 Å². The van der Waals surface area contributed by atoms with E-state index < -0.39 is 9.15 Å². The second kappa shape index (κ2) is 5.53. The molecule has 0 spiro atoms. The summed E-state index contributed by atoms with van der Waals surface area (Å²) in [4.78, 5) is 0. The molecule has 0 N–H and O–H groups in total. The summed E-state index contributed by atoms with van der Waals surface area (Å²) in [5, 5.41) is 7.76. The maximum atomic E-state index is 9.65. The molecule has 4 nitrogen and oxygen atoms in total. The van der Waals surface area contributed by atoms with Gasteiger partial charge in [-0.1, -0.05) is 0 Å². The van der Waals surface area contributed by atoms with Gasteiger partial charge in [0.15, 0.2) is 0 Å². The average molecular weight is 175 g/mol. The molecule has 0 aromatic rings. The van der Waals surface area contributed by atoms with Crippen LogP contribution in [0.3, 0.4) is 0 Å². The second-order valence-corrected chi connectivity index (χ2v) is 4.10. The van der Waals surface area contributed by atoms with Crippen LogP contribution in [0, 0.1) is 11.3 Å². The third kappa shape index (κ3) is 12.1. The van der Waals surface area contributed by atoms with Crippen LogP contribution in [-0.4, -0.2) is 18.7 Å². The number of hydrogen-bond acceptors (Lipinski definition) is 5. The predicted octanol–water partition coefficient (Wildman–Crippen LogP) is -3.29. The summed E-state index contributed by atoms with van der Waals surface area (Å²) < 4.78 is 28.9. The third-order valence-electron chi connectivity index (χ3n) is 0.268. The van der Waals surface area contributed by atoms with Crippen molar-refractivity contribution in [1.29, 1.82) is 5.26 Å². The van der Waals surface area contributed by atoms with Gasteiger partial charge in [0.05, 0.1) is 11.8 Å². The van der Waals surface area contributed by atoms with E-state index in [4.69, 9.17) is 5.26 Å². The van der Waals surface area contributed by atoms with E-state index in [-0.39, 0.29) is 46.1 Å². The largest absolute Gasteiger partial charge is 1.00 e. The van der Waals surface area contributed by atoms with E-state index in [1.54, 1.807) is 0 Å². The third-order valence-corrected chi connectivity index (χ3v) is 2.02. The van der Waals surface area contributed by atoms with E-state index in [1.165, 1.54) is 6.07 Å². The van der Waals surface area contributed by atoms with Crippen molar-refractivity contribution in [2.75, 3.05) is 5.75 Å². The summed E-state index contributed by atoms with van der Waals surface area (Å²) in [7, 11) is -4.15. The first-order chi connectivity index (χ1) is 3.56. The Kier molecular flexibility index (Phi) is 7.63. The molecule has 0 bridgehead atoms. The van der Waals surface area contributed by atoms with Crippen LogP contribution < -0.4 is 29.6 Å². The molecule has 9 heavy (non-hydrogen) atoms. The Hall–Kier alpha value is 0.750. The minimum absolute atomic E-state index is 0. The normalized spacial score (nSPS) is 9.33. The van der Waals surface area contributed by atoms with Crippen molar-refractivity contribution >= 4 is 19.9 Å². The molecule has 7 heteroatoms. The number of hydrogen-bond donors (Lipinski definition) is 0. The molecule has 0 fully saturated rings. The Bertz CT molecular complexity index is 192. The first-order valence-electron chi connectivity index (χ1n) is 1.53. The van der Waals surface area contributed by atoms with E-state index in [0.29, 0.717) is 0 Å². The monoisotopic (exact) mass is 175 g/mol. The van der Waals surface area contributed by atoms with Crippen LogP contribution >= 0.6 is 10.8 Å². The van der Waals surface area contributed by atoms with E-state index in [1.807, 2.05) is 0 Å². The molecule has 0 saturated heterocycles. The maximum absolute atomic E-state index is 9.65. The minimum Gasteiger partial charge on any atom is -0.739 e. The Balaban J connectivity index is 0. The van der Waals surface area contributed by atoms with Crippen LogP contribution in [0.2, 0.25) is 0 Å². The summed E-state index contributed by atoms with van der Waals surface area (Å²) in [5.74, 6) is -0.300. The van der Waals surface area contributed by atoms with Crippen LogP contribution in [0.1, 0.15) is 0 Å². The van der Waals surface area contributed by atoms with E-state index in [0.717, 1.165) is 0 Å². The van der Waals surface area contributed by atoms with Gasteiger partial charge in [-0.25, -0.2) is 8.42 Å². The molecule has 0 aromatic carbocycles. The summed E-state index contributed by atoms with van der Waals surface area (Å²) in [6, 6.07) is 1.51. The average Bonchev–Trinajstić information content (AvgIpc) is 1.59. The van der Waals surface area contributed by atoms with Gasteiger partial charge in [-0.3, -0.25) is 0 Å². The molecule has 0 aliphatic rings. The van der Waals surface area contributed by atoms with Crippen LogP contribution in [0.25, 0.3) is 0 Å². The first-order valence-corrected chi connectivity index (χ1v) is 4.44. The van der Waals surface area contributed by atoms with Crippen molar-refractivity contribution in [3.63, 3.8) is 0 Å². The molecular formula is C2H2NNaO3S2. The Morgan fingerprint density at radius 3 is 2.22 bits per heavy atom. The summed E-state index contributed by atoms with van der Waals surface area (Å²) in [6.07, 6.45) is 0. The maximum Gasteiger partial charge on any atom is 1.00 e. The molecule has 0 heterocycles. The van der Waals surface area contributed by atoms with Gasteiger partial charge in [0.25, 0.3) is 0 Å². The Morgan fingerprint density at radius 2 is 2.11 bits per heavy atom. The second-order valence-electron chi connectivity index (χ2n) is 0.829. The van der Waals surface area contributed by atoms with Crippen molar-refractivity contribution in [3.05, 3.63) is 0 Å². The molecule has 0 rings (SSSR count). The number of nitrogens with zero attached hydrogens (tertiary/aromatic N) is 1. The number of rotatable bonds is 2. The van der Waals surface area contributed by atoms with Crippen LogP contribution in [0.4, 0.5) is 0 Å². The SMILES string of the molecule is N#CCSS(=O)(=O)[O-].[Na+]. The summed E-state index contributed by atoms with van der Waals surface area (Å²) in [6.45, 7) is 0. The van der Waals surface area contributed by atoms with Gasteiger partial charge in [0.1, 0.15) is 9.15 Å². The molecule has 0 aliphatic heterocycles. The van der Waals surface area contributed by atoms with Gasteiger partial charge in [0.2, 0.25) is 0 Å². The van der Waals surface area contributed by atoms with E-state index in [2.05, 4.69) is 0 Å². The molecule has 46 valence electrons. The van der Waals surface area contributed by atoms with Crippen molar-refractivity contribution in [2.45, 2.75) is 0 Å². The predicted molar refractivity (Wildman–Crippen MR) is 27.8 cm³/mol. The minimum atomic E-state index is -4.24. The topological polar surface area (TPSA) is 81.0 Å².